The van der Waals surface area contributed by atoms with Gasteiger partial charge in [0.05, 0.1) is 11.2 Å². The third kappa shape index (κ3) is 3.41. The van der Waals surface area contributed by atoms with E-state index in [1.165, 1.54) is 4.31 Å². The third-order valence-electron chi connectivity index (χ3n) is 7.14. The van der Waals surface area contributed by atoms with Crippen molar-refractivity contribution in [2.75, 3.05) is 44.2 Å². The summed E-state index contributed by atoms with van der Waals surface area (Å²) in [6.07, 6.45) is 9.87. The molecule has 2 bridgehead atoms. The third-order valence-corrected chi connectivity index (χ3v) is 9.46. The minimum Gasteiger partial charge on any atom is -0.338 e. The standard InChI is InChI=1S/C21H29N5O3S/c27-20-18-16-4-6-17(7-5-16)19(18)30(28,29)26(20)11-2-1-10-24-12-14-25(15-13-24)21-22-8-3-9-23-21/h3-4,8-9,17-19H,1-2,5-7,10-15H2. The molecular formula is C21H29N5O3S. The number of allylic oxidation sites excluding steroid dienone is 1. The number of sulfonamides is 1. The molecule has 6 rings (SSSR count). The van der Waals surface area contributed by atoms with Crippen LogP contribution in [0.2, 0.25) is 0 Å². The average Bonchev–Trinajstić information content (AvgIpc) is 3.00. The zero-order chi connectivity index (χ0) is 20.7. The minimum atomic E-state index is -3.50. The Bertz CT molecular complexity index is 927. The molecule has 3 heterocycles. The predicted octanol–water partition coefficient (Wildman–Crippen LogP) is 1.28. The molecule has 162 valence electrons. The highest BCUT2D eigenvalue weighted by molar-refractivity contribution is 7.90. The first-order valence-electron chi connectivity index (χ1n) is 11.0. The number of aromatic nitrogens is 2. The van der Waals surface area contributed by atoms with E-state index in [2.05, 4.69) is 25.8 Å². The van der Waals surface area contributed by atoms with Crippen LogP contribution in [0.1, 0.15) is 32.1 Å². The van der Waals surface area contributed by atoms with E-state index in [4.69, 9.17) is 0 Å². The lowest BCUT2D eigenvalue weighted by Crippen LogP contribution is -2.47. The van der Waals surface area contributed by atoms with Gasteiger partial charge in [-0.25, -0.2) is 22.7 Å². The smallest absolute Gasteiger partial charge is 0.244 e. The molecule has 0 N–H and O–H groups in total. The highest BCUT2D eigenvalue weighted by Gasteiger charge is 2.59. The Morgan fingerprint density at radius 2 is 1.77 bits per heavy atom. The molecule has 1 amide bonds. The first kappa shape index (κ1) is 19.9. The van der Waals surface area contributed by atoms with Gasteiger partial charge >= 0.3 is 0 Å². The molecular weight excluding hydrogens is 402 g/mol. The number of unbranched alkanes of at least 4 members (excludes halogenated alkanes) is 1. The Labute approximate surface area is 178 Å². The molecule has 5 aliphatic rings. The second-order valence-corrected chi connectivity index (χ2v) is 10.8. The van der Waals surface area contributed by atoms with E-state index < -0.39 is 21.2 Å². The number of amides is 1. The van der Waals surface area contributed by atoms with Gasteiger partial charge in [0.15, 0.2) is 0 Å². The fourth-order valence-corrected chi connectivity index (χ4v) is 7.95. The molecule has 0 radical (unpaired) electrons. The summed E-state index contributed by atoms with van der Waals surface area (Å²) in [5.74, 6) is 0.333. The number of rotatable bonds is 6. The number of fused-ring (bicyclic) bond motifs is 2. The summed E-state index contributed by atoms with van der Waals surface area (Å²) in [6.45, 7) is 4.92. The average molecular weight is 432 g/mol. The number of carbonyl (C=O) groups excluding carboxylic acids is 1. The summed E-state index contributed by atoms with van der Waals surface area (Å²) in [6, 6.07) is 1.82. The van der Waals surface area contributed by atoms with E-state index in [-0.39, 0.29) is 11.8 Å². The minimum absolute atomic E-state index is 0.122. The van der Waals surface area contributed by atoms with Crippen LogP contribution in [0.5, 0.6) is 0 Å². The van der Waals surface area contributed by atoms with Crippen LogP contribution in [0.25, 0.3) is 0 Å². The zero-order valence-electron chi connectivity index (χ0n) is 17.2. The first-order chi connectivity index (χ1) is 14.6. The molecule has 2 saturated heterocycles. The second kappa shape index (κ2) is 7.92. The van der Waals surface area contributed by atoms with Gasteiger partial charge in [-0.2, -0.15) is 0 Å². The van der Waals surface area contributed by atoms with E-state index in [1.807, 2.05) is 6.07 Å². The van der Waals surface area contributed by atoms with Gasteiger partial charge in [-0.3, -0.25) is 9.69 Å². The van der Waals surface area contributed by atoms with Crippen molar-refractivity contribution in [1.29, 1.82) is 0 Å². The lowest BCUT2D eigenvalue weighted by Gasteiger charge is -2.36. The van der Waals surface area contributed by atoms with Crippen LogP contribution < -0.4 is 4.90 Å². The predicted molar refractivity (Wildman–Crippen MR) is 113 cm³/mol. The van der Waals surface area contributed by atoms with Gasteiger partial charge in [0.1, 0.15) is 0 Å². The van der Waals surface area contributed by atoms with Crippen LogP contribution in [0.4, 0.5) is 5.95 Å². The Kier molecular flexibility index (Phi) is 5.26. The summed E-state index contributed by atoms with van der Waals surface area (Å²) >= 11 is 0. The number of hydrogen-bond acceptors (Lipinski definition) is 7. The number of nitrogens with zero attached hydrogens (tertiary/aromatic N) is 5. The van der Waals surface area contributed by atoms with E-state index in [0.29, 0.717) is 6.54 Å². The molecule has 3 aliphatic carbocycles. The van der Waals surface area contributed by atoms with Crippen molar-refractivity contribution in [1.82, 2.24) is 19.2 Å². The van der Waals surface area contributed by atoms with Crippen LogP contribution in [-0.2, 0) is 14.8 Å². The van der Waals surface area contributed by atoms with Gasteiger partial charge in [0, 0.05) is 45.1 Å². The molecule has 3 unspecified atom stereocenters. The molecule has 0 spiro atoms. The molecule has 3 atom stereocenters. The summed E-state index contributed by atoms with van der Waals surface area (Å²) in [7, 11) is -3.50. The van der Waals surface area contributed by atoms with Crippen molar-refractivity contribution in [3.8, 4) is 0 Å². The lowest BCUT2D eigenvalue weighted by atomic mass is 9.70. The largest absolute Gasteiger partial charge is 0.338 e. The van der Waals surface area contributed by atoms with Gasteiger partial charge in [-0.1, -0.05) is 11.6 Å². The zero-order valence-corrected chi connectivity index (χ0v) is 18.0. The van der Waals surface area contributed by atoms with Gasteiger partial charge < -0.3 is 4.90 Å². The Morgan fingerprint density at radius 3 is 2.43 bits per heavy atom. The molecule has 1 aromatic heterocycles. The van der Waals surface area contributed by atoms with Crippen molar-refractivity contribution >= 4 is 21.9 Å². The SMILES string of the molecule is O=C1C2C3=CCC(CC3)C2S(=O)(=O)N1CCCCN1CCN(c2ncccn2)CC1. The Morgan fingerprint density at radius 1 is 1.03 bits per heavy atom. The molecule has 0 aromatic carbocycles. The van der Waals surface area contributed by atoms with Crippen LogP contribution in [-0.4, -0.2) is 78.0 Å². The molecule has 3 fully saturated rings. The van der Waals surface area contributed by atoms with Crippen molar-refractivity contribution in [3.63, 3.8) is 0 Å². The fraction of sp³-hybridized carbons (Fsp3) is 0.667. The van der Waals surface area contributed by atoms with Crippen molar-refractivity contribution in [2.24, 2.45) is 11.8 Å². The van der Waals surface area contributed by atoms with E-state index in [0.717, 1.165) is 76.3 Å². The summed E-state index contributed by atoms with van der Waals surface area (Å²) in [4.78, 5) is 26.1. The summed E-state index contributed by atoms with van der Waals surface area (Å²) in [5.41, 5.74) is 1.07. The summed E-state index contributed by atoms with van der Waals surface area (Å²) in [5, 5.41) is -0.493. The van der Waals surface area contributed by atoms with E-state index in [9.17, 15) is 13.2 Å². The van der Waals surface area contributed by atoms with Gasteiger partial charge in [0.25, 0.3) is 0 Å². The number of hydrogen-bond donors (Lipinski definition) is 0. The Hall–Kier alpha value is -2.00. The van der Waals surface area contributed by atoms with Crippen molar-refractivity contribution < 1.29 is 13.2 Å². The van der Waals surface area contributed by atoms with Gasteiger partial charge in [-0.15, -0.1) is 0 Å². The van der Waals surface area contributed by atoms with E-state index in [1.54, 1.807) is 12.4 Å². The maximum Gasteiger partial charge on any atom is 0.244 e. The topological polar surface area (TPSA) is 86.7 Å². The van der Waals surface area contributed by atoms with Gasteiger partial charge in [-0.05, 0) is 50.6 Å². The van der Waals surface area contributed by atoms with Crippen LogP contribution in [0, 0.1) is 11.8 Å². The summed E-state index contributed by atoms with van der Waals surface area (Å²) < 4.78 is 27.3. The highest BCUT2D eigenvalue weighted by atomic mass is 32.2. The molecule has 1 saturated carbocycles. The lowest BCUT2D eigenvalue weighted by molar-refractivity contribution is -0.128. The second-order valence-electron chi connectivity index (χ2n) is 8.80. The number of carbonyl (C=O) groups is 1. The fourth-order valence-electron chi connectivity index (χ4n) is 5.53. The van der Waals surface area contributed by atoms with E-state index >= 15 is 0 Å². The quantitative estimate of drug-likeness (QED) is 0.495. The molecule has 9 heteroatoms. The molecule has 2 aliphatic heterocycles. The maximum absolute atomic E-state index is 13.0. The number of piperazine rings is 1. The number of anilines is 1. The van der Waals surface area contributed by atoms with Crippen molar-refractivity contribution in [3.05, 3.63) is 30.1 Å². The Balaban J connectivity index is 1.10. The normalized spacial score (nSPS) is 30.5. The monoisotopic (exact) mass is 431 g/mol. The van der Waals surface area contributed by atoms with Crippen LogP contribution >= 0.6 is 0 Å². The van der Waals surface area contributed by atoms with Crippen LogP contribution in [0.15, 0.2) is 30.1 Å². The first-order valence-corrected chi connectivity index (χ1v) is 12.5. The van der Waals surface area contributed by atoms with Crippen molar-refractivity contribution in [2.45, 2.75) is 37.4 Å². The van der Waals surface area contributed by atoms with Crippen LogP contribution in [0.3, 0.4) is 0 Å². The maximum atomic E-state index is 13.0. The molecule has 1 aromatic rings. The highest BCUT2D eigenvalue weighted by Crippen LogP contribution is 2.49. The molecule has 30 heavy (non-hydrogen) atoms. The molecule has 8 nitrogen and oxygen atoms in total. The van der Waals surface area contributed by atoms with Gasteiger partial charge in [0.2, 0.25) is 21.9 Å².